The lowest BCUT2D eigenvalue weighted by atomic mass is 9.93. The molecule has 21 heavy (non-hydrogen) atoms. The van der Waals surface area contributed by atoms with E-state index in [9.17, 15) is 9.59 Å². The maximum absolute atomic E-state index is 12.6. The molecule has 114 valence electrons. The molecule has 1 atom stereocenters. The van der Waals surface area contributed by atoms with Crippen LogP contribution in [0.4, 0.5) is 5.69 Å². The van der Waals surface area contributed by atoms with E-state index in [1.165, 1.54) is 0 Å². The summed E-state index contributed by atoms with van der Waals surface area (Å²) < 4.78 is 0. The Morgan fingerprint density at radius 2 is 2.14 bits per heavy atom. The van der Waals surface area contributed by atoms with E-state index in [4.69, 9.17) is 0 Å². The minimum Gasteiger partial charge on any atom is -0.355 e. The van der Waals surface area contributed by atoms with Gasteiger partial charge in [-0.15, -0.1) is 0 Å². The summed E-state index contributed by atoms with van der Waals surface area (Å²) in [6, 6.07) is 5.33. The van der Waals surface area contributed by atoms with Gasteiger partial charge >= 0.3 is 0 Å². The third-order valence-electron chi connectivity index (χ3n) is 4.26. The van der Waals surface area contributed by atoms with Crippen molar-refractivity contribution in [1.82, 2.24) is 10.6 Å². The fourth-order valence-corrected chi connectivity index (χ4v) is 2.75. The van der Waals surface area contributed by atoms with Gasteiger partial charge in [-0.3, -0.25) is 9.59 Å². The van der Waals surface area contributed by atoms with Crippen molar-refractivity contribution in [3.8, 4) is 0 Å². The molecule has 1 fully saturated rings. The van der Waals surface area contributed by atoms with Crippen molar-refractivity contribution >= 4 is 17.5 Å². The minimum atomic E-state index is -0.477. The summed E-state index contributed by atoms with van der Waals surface area (Å²) in [6.07, 6.45) is 2.62. The number of anilines is 1. The molecule has 5 nitrogen and oxygen atoms in total. The lowest BCUT2D eigenvalue weighted by molar-refractivity contribution is -0.122. The van der Waals surface area contributed by atoms with Crippen LogP contribution in [-0.2, 0) is 4.79 Å². The van der Waals surface area contributed by atoms with Crippen molar-refractivity contribution < 1.29 is 9.59 Å². The Kier molecular flexibility index (Phi) is 4.63. The standard InChI is InChI=1S/C16H23N3O2/c1-4-16(8-5-9-18-16)15(21)19-13-10-12(14(20)17-3)7-6-11(13)2/h6-7,10,18H,4-5,8-9H2,1-3H3,(H,17,20)(H,19,21). The summed E-state index contributed by atoms with van der Waals surface area (Å²) in [4.78, 5) is 24.3. The SMILES string of the molecule is CCC1(C(=O)Nc2cc(C(=O)NC)ccc2C)CCCN1. The summed E-state index contributed by atoms with van der Waals surface area (Å²) in [5, 5.41) is 8.89. The number of rotatable bonds is 4. The van der Waals surface area contributed by atoms with Gasteiger partial charge in [-0.2, -0.15) is 0 Å². The van der Waals surface area contributed by atoms with E-state index in [0.717, 1.165) is 31.4 Å². The molecule has 1 heterocycles. The highest BCUT2D eigenvalue weighted by Gasteiger charge is 2.39. The van der Waals surface area contributed by atoms with Crippen LogP contribution in [0.25, 0.3) is 0 Å². The number of aryl methyl sites for hydroxylation is 1. The summed E-state index contributed by atoms with van der Waals surface area (Å²) in [7, 11) is 1.59. The van der Waals surface area contributed by atoms with Crippen molar-refractivity contribution in [2.45, 2.75) is 38.6 Å². The molecule has 1 aliphatic rings. The molecule has 1 aromatic carbocycles. The van der Waals surface area contributed by atoms with E-state index < -0.39 is 5.54 Å². The monoisotopic (exact) mass is 289 g/mol. The van der Waals surface area contributed by atoms with Crippen molar-refractivity contribution in [3.05, 3.63) is 29.3 Å². The highest BCUT2D eigenvalue weighted by atomic mass is 16.2. The van der Waals surface area contributed by atoms with Crippen LogP contribution in [0.2, 0.25) is 0 Å². The van der Waals surface area contributed by atoms with Crippen LogP contribution in [0.5, 0.6) is 0 Å². The molecule has 0 spiro atoms. The van der Waals surface area contributed by atoms with E-state index >= 15 is 0 Å². The maximum atomic E-state index is 12.6. The van der Waals surface area contributed by atoms with E-state index in [-0.39, 0.29) is 11.8 Å². The van der Waals surface area contributed by atoms with Gasteiger partial charge in [0.05, 0.1) is 5.54 Å². The highest BCUT2D eigenvalue weighted by molar-refractivity contribution is 6.01. The van der Waals surface area contributed by atoms with Crippen molar-refractivity contribution in [3.63, 3.8) is 0 Å². The van der Waals surface area contributed by atoms with Crippen molar-refractivity contribution in [2.24, 2.45) is 0 Å². The lowest BCUT2D eigenvalue weighted by Gasteiger charge is -2.27. The smallest absolute Gasteiger partial charge is 0.251 e. The molecule has 1 aliphatic heterocycles. The Morgan fingerprint density at radius 1 is 1.38 bits per heavy atom. The van der Waals surface area contributed by atoms with E-state index in [0.29, 0.717) is 11.3 Å². The summed E-state index contributed by atoms with van der Waals surface area (Å²) in [5.74, 6) is -0.172. The van der Waals surface area contributed by atoms with E-state index in [1.54, 1.807) is 19.2 Å². The van der Waals surface area contributed by atoms with Gasteiger partial charge in [0.2, 0.25) is 5.91 Å². The Balaban J connectivity index is 2.22. The first-order chi connectivity index (χ1) is 10.0. The van der Waals surface area contributed by atoms with Crippen LogP contribution in [0, 0.1) is 6.92 Å². The second kappa shape index (κ2) is 6.26. The van der Waals surface area contributed by atoms with Crippen LogP contribution in [0.3, 0.4) is 0 Å². The van der Waals surface area contributed by atoms with Gasteiger partial charge in [-0.1, -0.05) is 13.0 Å². The predicted octanol–water partition coefficient (Wildman–Crippen LogP) is 1.83. The fourth-order valence-electron chi connectivity index (χ4n) is 2.75. The van der Waals surface area contributed by atoms with Crippen LogP contribution >= 0.6 is 0 Å². The van der Waals surface area contributed by atoms with Crippen LogP contribution in [0.15, 0.2) is 18.2 Å². The molecule has 1 aromatic rings. The first kappa shape index (κ1) is 15.5. The Labute approximate surface area is 125 Å². The number of carbonyl (C=O) groups is 2. The Hall–Kier alpha value is -1.88. The van der Waals surface area contributed by atoms with Gasteiger partial charge < -0.3 is 16.0 Å². The molecule has 2 rings (SSSR count). The highest BCUT2D eigenvalue weighted by Crippen LogP contribution is 2.26. The molecule has 0 aromatic heterocycles. The molecular formula is C16H23N3O2. The summed E-state index contributed by atoms with van der Waals surface area (Å²) in [6.45, 7) is 4.81. The zero-order valence-corrected chi connectivity index (χ0v) is 12.9. The van der Waals surface area contributed by atoms with E-state index in [2.05, 4.69) is 16.0 Å². The summed E-state index contributed by atoms with van der Waals surface area (Å²) in [5.41, 5.74) is 1.71. The van der Waals surface area contributed by atoms with Crippen molar-refractivity contribution in [2.75, 3.05) is 18.9 Å². The molecule has 5 heteroatoms. The van der Waals surface area contributed by atoms with Gasteiger partial charge in [-0.25, -0.2) is 0 Å². The maximum Gasteiger partial charge on any atom is 0.251 e. The second-order valence-corrected chi connectivity index (χ2v) is 5.53. The van der Waals surface area contributed by atoms with Gasteiger partial charge in [0, 0.05) is 18.3 Å². The van der Waals surface area contributed by atoms with Crippen molar-refractivity contribution in [1.29, 1.82) is 0 Å². The molecule has 0 bridgehead atoms. The van der Waals surface area contributed by atoms with Crippen LogP contribution in [0.1, 0.15) is 42.1 Å². The number of hydrogen-bond acceptors (Lipinski definition) is 3. The molecular weight excluding hydrogens is 266 g/mol. The number of amides is 2. The molecule has 0 saturated carbocycles. The predicted molar refractivity (Wildman–Crippen MR) is 83.5 cm³/mol. The number of benzene rings is 1. The zero-order valence-electron chi connectivity index (χ0n) is 12.9. The Bertz CT molecular complexity index is 548. The number of hydrogen-bond donors (Lipinski definition) is 3. The largest absolute Gasteiger partial charge is 0.355 e. The first-order valence-electron chi connectivity index (χ1n) is 7.41. The molecule has 1 saturated heterocycles. The first-order valence-corrected chi connectivity index (χ1v) is 7.41. The number of nitrogens with one attached hydrogen (secondary N) is 3. The number of carbonyl (C=O) groups excluding carboxylic acids is 2. The van der Waals surface area contributed by atoms with Gasteiger partial charge in [0.15, 0.2) is 0 Å². The van der Waals surface area contributed by atoms with E-state index in [1.807, 2.05) is 19.9 Å². The average molecular weight is 289 g/mol. The van der Waals surface area contributed by atoms with Gasteiger partial charge in [-0.05, 0) is 50.4 Å². The lowest BCUT2D eigenvalue weighted by Crippen LogP contribution is -2.50. The third-order valence-corrected chi connectivity index (χ3v) is 4.26. The topological polar surface area (TPSA) is 70.2 Å². The average Bonchev–Trinajstić information content (AvgIpc) is 2.98. The minimum absolute atomic E-state index is 0.0142. The molecule has 0 radical (unpaired) electrons. The Morgan fingerprint density at radius 3 is 2.71 bits per heavy atom. The fraction of sp³-hybridized carbons (Fsp3) is 0.500. The van der Waals surface area contributed by atoms with Crippen LogP contribution in [-0.4, -0.2) is 30.9 Å². The molecule has 3 N–H and O–H groups in total. The third kappa shape index (κ3) is 3.08. The van der Waals surface area contributed by atoms with Gasteiger partial charge in [0.25, 0.3) is 5.91 Å². The molecule has 0 aliphatic carbocycles. The quantitative estimate of drug-likeness (QED) is 0.792. The van der Waals surface area contributed by atoms with Crippen LogP contribution < -0.4 is 16.0 Å². The molecule has 1 unspecified atom stereocenters. The van der Waals surface area contributed by atoms with Gasteiger partial charge in [0.1, 0.15) is 0 Å². The second-order valence-electron chi connectivity index (χ2n) is 5.53. The summed E-state index contributed by atoms with van der Waals surface area (Å²) >= 11 is 0. The molecule has 2 amide bonds. The zero-order chi connectivity index (χ0) is 15.5. The normalized spacial score (nSPS) is 21.1.